The van der Waals surface area contributed by atoms with E-state index >= 15 is 0 Å². The number of carbonyl (C=O) groups excluding carboxylic acids is 3. The highest BCUT2D eigenvalue weighted by atomic mass is 32.3. The second kappa shape index (κ2) is 5.58. The van der Waals surface area contributed by atoms with Gasteiger partial charge in [-0.3, -0.25) is 14.1 Å². The average molecular weight is 321 g/mol. The molecular formula is C10H15N3O7S. The van der Waals surface area contributed by atoms with E-state index in [0.29, 0.717) is 17.9 Å². The lowest BCUT2D eigenvalue weighted by atomic mass is 10.0. The summed E-state index contributed by atoms with van der Waals surface area (Å²) in [6, 6.07) is -2.14. The smallest absolute Gasteiger partial charge is 0.347 e. The number of rotatable bonds is 5. The minimum Gasteiger partial charge on any atom is -0.347 e. The van der Waals surface area contributed by atoms with Crippen LogP contribution in [0.15, 0.2) is 0 Å². The van der Waals surface area contributed by atoms with Gasteiger partial charge in [0.25, 0.3) is 0 Å². The maximum atomic E-state index is 12.0. The van der Waals surface area contributed by atoms with Gasteiger partial charge in [0.05, 0.1) is 12.6 Å². The van der Waals surface area contributed by atoms with Crippen LogP contribution in [0.1, 0.15) is 19.8 Å². The van der Waals surface area contributed by atoms with E-state index in [1.165, 1.54) is 6.92 Å². The lowest BCUT2D eigenvalue weighted by molar-refractivity contribution is -0.128. The lowest BCUT2D eigenvalue weighted by Crippen LogP contribution is -2.50. The first kappa shape index (κ1) is 15.7. The summed E-state index contributed by atoms with van der Waals surface area (Å²) < 4.78 is 34.3. The Balaban J connectivity index is 2.06. The van der Waals surface area contributed by atoms with Crippen LogP contribution in [0.4, 0.5) is 4.79 Å². The fraction of sp³-hybridized carbons (Fsp3) is 0.700. The van der Waals surface area contributed by atoms with Gasteiger partial charge in [-0.15, -0.1) is 4.28 Å². The number of hydrogen-bond acceptors (Lipinski definition) is 6. The molecule has 118 valence electrons. The summed E-state index contributed by atoms with van der Waals surface area (Å²) in [6.45, 7) is 1.30. The van der Waals surface area contributed by atoms with Gasteiger partial charge in [-0.25, -0.2) is 4.79 Å². The molecule has 0 aromatic heterocycles. The van der Waals surface area contributed by atoms with E-state index in [1.807, 2.05) is 0 Å². The van der Waals surface area contributed by atoms with E-state index in [4.69, 9.17) is 4.55 Å². The molecule has 0 unspecified atom stereocenters. The number of urea groups is 1. The molecule has 2 bridgehead atoms. The highest BCUT2D eigenvalue weighted by Gasteiger charge is 2.49. The molecule has 3 amide bonds. The Morgan fingerprint density at radius 2 is 2.10 bits per heavy atom. The van der Waals surface area contributed by atoms with E-state index in [-0.39, 0.29) is 18.9 Å². The number of hydrogen-bond donors (Lipinski definition) is 2. The van der Waals surface area contributed by atoms with Crippen LogP contribution in [0.3, 0.4) is 0 Å². The molecule has 2 aliphatic rings. The molecule has 2 aliphatic heterocycles. The minimum atomic E-state index is -4.81. The zero-order valence-electron chi connectivity index (χ0n) is 11.2. The highest BCUT2D eigenvalue weighted by Crippen LogP contribution is 2.30. The summed E-state index contributed by atoms with van der Waals surface area (Å²) in [7, 11) is -4.81. The van der Waals surface area contributed by atoms with Crippen LogP contribution in [0, 0.1) is 0 Å². The Labute approximate surface area is 120 Å². The number of piperidine rings is 1. The van der Waals surface area contributed by atoms with Crippen LogP contribution in [-0.4, -0.2) is 65.8 Å². The number of hydroxylamine groups is 2. The molecule has 0 aromatic rings. The molecule has 10 nitrogen and oxygen atoms in total. The molecule has 0 aliphatic carbocycles. The minimum absolute atomic E-state index is 0.118. The third kappa shape index (κ3) is 3.49. The van der Waals surface area contributed by atoms with E-state index in [9.17, 15) is 22.8 Å². The van der Waals surface area contributed by atoms with Crippen molar-refractivity contribution in [1.82, 2.24) is 15.3 Å². The number of nitrogens with one attached hydrogen (secondary N) is 1. The summed E-state index contributed by atoms with van der Waals surface area (Å²) in [4.78, 5) is 36.0. The predicted octanol–water partition coefficient (Wildman–Crippen LogP) is -1.31. The second-order valence-corrected chi connectivity index (χ2v) is 5.93. The number of carbonyl (C=O) groups is 3. The van der Waals surface area contributed by atoms with Crippen molar-refractivity contribution in [1.29, 1.82) is 0 Å². The van der Waals surface area contributed by atoms with Crippen molar-refractivity contribution in [3.8, 4) is 0 Å². The molecule has 2 atom stereocenters. The van der Waals surface area contributed by atoms with Crippen molar-refractivity contribution in [2.75, 3.05) is 13.1 Å². The number of fused-ring (bicyclic) bond motifs is 2. The zero-order valence-corrected chi connectivity index (χ0v) is 12.0. The normalized spacial score (nSPS) is 25.1. The first-order valence-corrected chi connectivity index (χ1v) is 7.59. The van der Waals surface area contributed by atoms with Gasteiger partial charge in [0.1, 0.15) is 11.8 Å². The van der Waals surface area contributed by atoms with E-state index in [1.54, 1.807) is 0 Å². The molecule has 2 saturated heterocycles. The summed E-state index contributed by atoms with van der Waals surface area (Å²) in [6.07, 6.45) is 0.654. The third-order valence-electron chi connectivity index (χ3n) is 3.31. The topological polar surface area (TPSA) is 133 Å². The second-order valence-electron chi connectivity index (χ2n) is 4.93. The first-order chi connectivity index (χ1) is 9.69. The highest BCUT2D eigenvalue weighted by molar-refractivity contribution is 7.80. The predicted molar refractivity (Wildman–Crippen MR) is 67.1 cm³/mol. The van der Waals surface area contributed by atoms with Gasteiger partial charge < -0.3 is 10.2 Å². The van der Waals surface area contributed by atoms with Crippen molar-refractivity contribution in [2.24, 2.45) is 0 Å². The Bertz CT molecular complexity index is 575. The number of nitrogens with zero attached hydrogens (tertiary/aromatic N) is 2. The molecule has 21 heavy (non-hydrogen) atoms. The van der Waals surface area contributed by atoms with Gasteiger partial charge in [0.2, 0.25) is 5.91 Å². The molecule has 2 N–H and O–H groups in total. The maximum absolute atomic E-state index is 12.0. The molecule has 11 heteroatoms. The quantitative estimate of drug-likeness (QED) is 0.601. The van der Waals surface area contributed by atoms with Crippen molar-refractivity contribution >= 4 is 28.1 Å². The molecule has 0 spiro atoms. The van der Waals surface area contributed by atoms with E-state index < -0.39 is 34.4 Å². The number of amides is 3. The van der Waals surface area contributed by atoms with Crippen molar-refractivity contribution in [2.45, 2.75) is 31.8 Å². The first-order valence-electron chi connectivity index (χ1n) is 6.23. The van der Waals surface area contributed by atoms with Crippen molar-refractivity contribution in [3.63, 3.8) is 0 Å². The molecule has 0 saturated carbocycles. The molecule has 2 rings (SSSR count). The van der Waals surface area contributed by atoms with Gasteiger partial charge in [-0.2, -0.15) is 13.5 Å². The Morgan fingerprint density at radius 1 is 1.43 bits per heavy atom. The van der Waals surface area contributed by atoms with Crippen LogP contribution < -0.4 is 5.32 Å². The monoisotopic (exact) mass is 321 g/mol. The van der Waals surface area contributed by atoms with Crippen LogP contribution in [0.25, 0.3) is 0 Å². The van der Waals surface area contributed by atoms with E-state index in [0.717, 1.165) is 4.90 Å². The van der Waals surface area contributed by atoms with Gasteiger partial charge in [0.15, 0.2) is 0 Å². The molecule has 2 heterocycles. The van der Waals surface area contributed by atoms with Crippen LogP contribution >= 0.6 is 0 Å². The summed E-state index contributed by atoms with van der Waals surface area (Å²) in [5.41, 5.74) is 0. The lowest BCUT2D eigenvalue weighted by Gasteiger charge is -2.29. The zero-order chi connectivity index (χ0) is 15.8. The molecule has 2 fully saturated rings. The average Bonchev–Trinajstić information content (AvgIpc) is 2.60. The largest absolute Gasteiger partial charge is 0.418 e. The van der Waals surface area contributed by atoms with Crippen LogP contribution in [-0.2, 0) is 24.3 Å². The van der Waals surface area contributed by atoms with Crippen LogP contribution in [0.2, 0.25) is 0 Å². The Morgan fingerprint density at radius 3 is 2.67 bits per heavy atom. The fourth-order valence-corrected chi connectivity index (χ4v) is 2.82. The molecule has 0 aromatic carbocycles. The maximum Gasteiger partial charge on any atom is 0.418 e. The summed E-state index contributed by atoms with van der Waals surface area (Å²) in [5, 5.41) is 2.97. The van der Waals surface area contributed by atoms with Crippen molar-refractivity contribution in [3.05, 3.63) is 0 Å². The number of ketones is 1. The summed E-state index contributed by atoms with van der Waals surface area (Å²) in [5.74, 6) is -0.702. The van der Waals surface area contributed by atoms with Crippen LogP contribution in [0.5, 0.6) is 0 Å². The Kier molecular flexibility index (Phi) is 4.16. The van der Waals surface area contributed by atoms with E-state index in [2.05, 4.69) is 9.60 Å². The van der Waals surface area contributed by atoms with Crippen molar-refractivity contribution < 1.29 is 31.6 Å². The van der Waals surface area contributed by atoms with Gasteiger partial charge in [0, 0.05) is 6.54 Å². The fourth-order valence-electron chi connectivity index (χ4n) is 2.43. The van der Waals surface area contributed by atoms with Gasteiger partial charge in [-0.05, 0) is 19.8 Å². The molecule has 0 radical (unpaired) electrons. The van der Waals surface area contributed by atoms with Gasteiger partial charge >= 0.3 is 16.4 Å². The standard InChI is InChI=1S/C10H15N3O7S/c1-6(14)4-11-9(15)8-3-2-7-5-12(8)10(16)13(7)20-21(17,18)19/h7-8H,2-5H2,1H3,(H,11,15)(H,17,18,19)/t7-,8+/m1/s1. The van der Waals surface area contributed by atoms with Gasteiger partial charge in [-0.1, -0.05) is 0 Å². The SMILES string of the molecule is CC(=O)CNC(=O)[C@@H]1CC[C@@H]2CN1C(=O)N2OS(=O)(=O)O. The molecular weight excluding hydrogens is 306 g/mol. The third-order valence-corrected chi connectivity index (χ3v) is 3.66. The Hall–Kier alpha value is -1.72. The number of Topliss-reactive ketones (excluding diaryl/α,β-unsaturated/α-hetero) is 1. The summed E-state index contributed by atoms with van der Waals surface area (Å²) >= 11 is 0.